The summed E-state index contributed by atoms with van der Waals surface area (Å²) in [4.78, 5) is 99.0. The van der Waals surface area contributed by atoms with E-state index in [1.807, 2.05) is 0 Å². The molecule has 0 saturated carbocycles. The van der Waals surface area contributed by atoms with Crippen LogP contribution in [-0.4, -0.2) is 141 Å². The van der Waals surface area contributed by atoms with Gasteiger partial charge in [0.1, 0.15) is 36.0 Å². The second kappa shape index (κ2) is 25.1. The summed E-state index contributed by atoms with van der Waals surface area (Å²) in [5.41, 5.74) is 13.7. The number of carbonyl (C=O) groups is 7. The van der Waals surface area contributed by atoms with Gasteiger partial charge in [0, 0.05) is 38.8 Å². The van der Waals surface area contributed by atoms with Crippen LogP contribution in [0, 0.1) is 5.41 Å². The molecule has 0 aromatic carbocycles. The van der Waals surface area contributed by atoms with Gasteiger partial charge in [-0.1, -0.05) is 6.42 Å². The molecule has 15 N–H and O–H groups in total. The van der Waals surface area contributed by atoms with Gasteiger partial charge in [-0.2, -0.15) is 0 Å². The lowest BCUT2D eigenvalue weighted by atomic mass is 10.0. The highest BCUT2D eigenvalue weighted by Gasteiger charge is 2.44. The van der Waals surface area contributed by atoms with Gasteiger partial charge >= 0.3 is 5.97 Å². The first kappa shape index (κ1) is 48.8. The molecule has 22 heteroatoms. The van der Waals surface area contributed by atoms with Crippen LogP contribution in [0.5, 0.6) is 0 Å². The van der Waals surface area contributed by atoms with Crippen molar-refractivity contribution in [1.29, 1.82) is 5.41 Å². The van der Waals surface area contributed by atoms with Crippen molar-refractivity contribution in [3.63, 3.8) is 0 Å². The number of carboxylic acids is 1. The van der Waals surface area contributed by atoms with Gasteiger partial charge in [-0.25, -0.2) is 15.6 Å². The maximum Gasteiger partial charge on any atom is 0.326 e. The van der Waals surface area contributed by atoms with Gasteiger partial charge in [0.15, 0.2) is 5.96 Å². The van der Waals surface area contributed by atoms with Gasteiger partial charge in [0.05, 0.1) is 11.7 Å². The first-order valence-corrected chi connectivity index (χ1v) is 20.6. The third kappa shape index (κ3) is 15.2. The molecule has 2 fully saturated rings. The number of guanidine groups is 1. The summed E-state index contributed by atoms with van der Waals surface area (Å²) < 4.78 is 0. The number of aliphatic hydroxyl groups excluding tert-OH is 1. The van der Waals surface area contributed by atoms with E-state index in [4.69, 9.17) is 22.7 Å². The summed E-state index contributed by atoms with van der Waals surface area (Å²) in [6, 6.07) is -2.43. The predicted molar refractivity (Wildman–Crippen MR) is 219 cm³/mol. The van der Waals surface area contributed by atoms with Crippen LogP contribution < -0.4 is 49.3 Å². The van der Waals surface area contributed by atoms with Gasteiger partial charge < -0.3 is 63.5 Å². The molecule has 1 aromatic heterocycles. The molecule has 0 aliphatic carbocycles. The standard InChI is InChI=1S/C38H63N13O9/c1-23(52)31(48-30(53)14-3-2-6-18-43-32(54)24-15-16-29(49-42)45-22-24)34(56)46-25(10-4-5-17-39)35(57)51-21-9-13-28(51)36(58)50-20-8-12-27(50)33(55)47-26(37(59)60)11-7-19-44-38(40)41/h15-16,22-23,25-28,31,52H,2-14,17-21,39,42H2,1H3,(H,43,54)(H,45,49)(H,46,56)(H,47,55)(H,48,53)(H,59,60)(H4,40,41,44)/t23?,25-,26-,27-,28-,31-/m0/s1. The number of aliphatic carboxylic acids is 1. The Balaban J connectivity index is 1.57. The average Bonchev–Trinajstić information content (AvgIpc) is 3.92. The molecule has 0 radical (unpaired) electrons. The summed E-state index contributed by atoms with van der Waals surface area (Å²) in [6.45, 7) is 2.74. The van der Waals surface area contributed by atoms with Crippen molar-refractivity contribution in [2.75, 3.05) is 38.1 Å². The van der Waals surface area contributed by atoms with Crippen LogP contribution in [0.15, 0.2) is 18.3 Å². The summed E-state index contributed by atoms with van der Waals surface area (Å²) in [7, 11) is 0. The van der Waals surface area contributed by atoms with Crippen LogP contribution in [-0.2, 0) is 28.8 Å². The molecule has 0 spiro atoms. The predicted octanol–water partition coefficient (Wildman–Crippen LogP) is -2.05. The molecule has 0 bridgehead atoms. The number of nitrogens with zero attached hydrogens (tertiary/aromatic N) is 3. The van der Waals surface area contributed by atoms with E-state index in [0.29, 0.717) is 88.7 Å². The van der Waals surface area contributed by atoms with Crippen LogP contribution in [0.1, 0.15) is 101 Å². The summed E-state index contributed by atoms with van der Waals surface area (Å²) in [5.74, 6) is 1.05. The van der Waals surface area contributed by atoms with E-state index >= 15 is 0 Å². The van der Waals surface area contributed by atoms with E-state index in [-0.39, 0.29) is 50.8 Å². The molecule has 22 nitrogen and oxygen atoms in total. The number of aliphatic hydroxyl groups is 1. The Bertz CT molecular complexity index is 1630. The number of nitrogen functional groups attached to an aromatic ring is 1. The number of nitrogens with two attached hydrogens (primary N) is 3. The van der Waals surface area contributed by atoms with Crippen molar-refractivity contribution in [2.24, 2.45) is 17.3 Å². The molecule has 3 rings (SSSR count). The monoisotopic (exact) mass is 845 g/mol. The number of unbranched alkanes of at least 4 members (excludes halogenated alkanes) is 3. The maximum atomic E-state index is 14.2. The zero-order chi connectivity index (χ0) is 44.2. The number of anilines is 1. The Kier molecular flexibility index (Phi) is 20.4. The fourth-order valence-electron chi connectivity index (χ4n) is 7.20. The number of amides is 6. The zero-order valence-corrected chi connectivity index (χ0v) is 34.2. The normalized spacial score (nSPS) is 18.1. The molecule has 6 atom stereocenters. The van der Waals surface area contributed by atoms with E-state index in [1.54, 1.807) is 12.1 Å². The third-order valence-electron chi connectivity index (χ3n) is 10.4. The molecular weight excluding hydrogens is 782 g/mol. The third-order valence-corrected chi connectivity index (χ3v) is 10.4. The molecule has 2 saturated heterocycles. The SMILES string of the molecule is CC(O)[C@H](NC(=O)CCCCCNC(=O)c1ccc(NN)nc1)C(=O)N[C@@H](CCCCN)C(=O)N1CCC[C@H]1C(=O)N1CCC[C@H]1C(=O)N[C@@H](CCCNC(=N)N)C(=O)O. The van der Waals surface area contributed by atoms with Gasteiger partial charge in [-0.05, 0) is 96.2 Å². The lowest BCUT2D eigenvalue weighted by molar-refractivity contribution is -0.149. The maximum absolute atomic E-state index is 14.2. The number of pyridine rings is 1. The Morgan fingerprint density at radius 3 is 2.18 bits per heavy atom. The molecule has 2 aliphatic rings. The molecule has 3 heterocycles. The number of likely N-dealkylation sites (tertiary alicyclic amines) is 2. The first-order valence-electron chi connectivity index (χ1n) is 20.6. The highest BCUT2D eigenvalue weighted by atomic mass is 16.4. The summed E-state index contributed by atoms with van der Waals surface area (Å²) in [5, 5.41) is 40.6. The quantitative estimate of drug-likeness (QED) is 0.0166. The van der Waals surface area contributed by atoms with Gasteiger partial charge in [-0.15, -0.1) is 0 Å². The second-order valence-electron chi connectivity index (χ2n) is 15.0. The average molecular weight is 846 g/mol. The first-order chi connectivity index (χ1) is 28.7. The van der Waals surface area contributed by atoms with E-state index in [2.05, 4.69) is 37.0 Å². The van der Waals surface area contributed by atoms with Crippen LogP contribution in [0.2, 0.25) is 0 Å². The minimum atomic E-state index is -1.38. The molecule has 2 aliphatic heterocycles. The van der Waals surface area contributed by atoms with Crippen molar-refractivity contribution < 1.29 is 43.8 Å². The van der Waals surface area contributed by atoms with Gasteiger partial charge in [-0.3, -0.25) is 34.2 Å². The molecule has 6 amide bonds. The van der Waals surface area contributed by atoms with Crippen molar-refractivity contribution in [3.05, 3.63) is 23.9 Å². The Morgan fingerprint density at radius 2 is 1.55 bits per heavy atom. The number of rotatable bonds is 25. The highest BCUT2D eigenvalue weighted by Crippen LogP contribution is 2.26. The number of aromatic nitrogens is 1. The number of carboxylic acid groups (broad SMARTS) is 1. The van der Waals surface area contributed by atoms with Crippen molar-refractivity contribution in [2.45, 2.75) is 127 Å². The highest BCUT2D eigenvalue weighted by molar-refractivity contribution is 5.97. The number of hydrazine groups is 1. The van der Waals surface area contributed by atoms with Crippen molar-refractivity contribution in [1.82, 2.24) is 41.4 Å². The molecule has 1 unspecified atom stereocenters. The Morgan fingerprint density at radius 1 is 0.867 bits per heavy atom. The van der Waals surface area contributed by atoms with Crippen LogP contribution in [0.4, 0.5) is 5.82 Å². The largest absolute Gasteiger partial charge is 0.480 e. The van der Waals surface area contributed by atoms with Gasteiger partial charge in [0.2, 0.25) is 29.5 Å². The van der Waals surface area contributed by atoms with Crippen molar-refractivity contribution >= 4 is 53.2 Å². The second-order valence-corrected chi connectivity index (χ2v) is 15.0. The Labute approximate surface area is 349 Å². The van der Waals surface area contributed by atoms with Crippen LogP contribution in [0.3, 0.4) is 0 Å². The van der Waals surface area contributed by atoms with Crippen LogP contribution in [0.25, 0.3) is 0 Å². The van der Waals surface area contributed by atoms with E-state index in [1.165, 1.54) is 22.9 Å². The summed E-state index contributed by atoms with van der Waals surface area (Å²) in [6.07, 6.45) is 4.92. The molecular formula is C38H63N13O9. The summed E-state index contributed by atoms with van der Waals surface area (Å²) >= 11 is 0. The van der Waals surface area contributed by atoms with Crippen LogP contribution >= 0.6 is 0 Å². The fraction of sp³-hybridized carbons (Fsp3) is 0.658. The minimum absolute atomic E-state index is 0.0451. The lowest BCUT2D eigenvalue weighted by Crippen LogP contribution is -2.59. The Hall–Kier alpha value is -5.61. The van der Waals surface area contributed by atoms with E-state index < -0.39 is 71.8 Å². The minimum Gasteiger partial charge on any atom is -0.480 e. The molecule has 60 heavy (non-hydrogen) atoms. The molecule has 334 valence electrons. The van der Waals surface area contributed by atoms with Gasteiger partial charge in [0.25, 0.3) is 5.91 Å². The van der Waals surface area contributed by atoms with E-state index in [0.717, 1.165) is 0 Å². The zero-order valence-electron chi connectivity index (χ0n) is 34.2. The van der Waals surface area contributed by atoms with Crippen molar-refractivity contribution in [3.8, 4) is 0 Å². The number of nitrogens with one attached hydrogen (secondary N) is 7. The topological polar surface area (TPSA) is 353 Å². The number of hydrogen-bond acceptors (Lipinski definition) is 13. The number of hydrogen-bond donors (Lipinski definition) is 12. The van der Waals surface area contributed by atoms with E-state index in [9.17, 15) is 43.8 Å². The fourth-order valence-corrected chi connectivity index (χ4v) is 7.20. The lowest BCUT2D eigenvalue weighted by Gasteiger charge is -2.33. The smallest absolute Gasteiger partial charge is 0.326 e. The molecule has 1 aromatic rings. The number of carbonyl (C=O) groups excluding carboxylic acids is 6.